The van der Waals surface area contributed by atoms with E-state index in [1.165, 1.54) is 25.3 Å². The molecule has 1 N–H and O–H groups in total. The normalized spacial score (nSPS) is 16.9. The number of benzene rings is 3. The summed E-state index contributed by atoms with van der Waals surface area (Å²) in [5.41, 5.74) is 2.45. The number of hydrogen-bond acceptors (Lipinski definition) is 4. The highest BCUT2D eigenvalue weighted by atomic mass is 19.2. The molecule has 0 atom stereocenters. The van der Waals surface area contributed by atoms with Gasteiger partial charge in [-0.2, -0.15) is 4.39 Å². The van der Waals surface area contributed by atoms with Crippen molar-refractivity contribution in [2.45, 2.75) is 44.2 Å². The molecule has 0 bridgehead atoms. The molecule has 3 aromatic rings. The maximum absolute atomic E-state index is 14.0. The molecule has 41 heavy (non-hydrogen) atoms. The minimum atomic E-state index is -1.17. The molecule has 2 aliphatic rings. The molecule has 3 aromatic carbocycles. The number of methoxy groups -OCH3 is 1. The van der Waals surface area contributed by atoms with Gasteiger partial charge in [0.1, 0.15) is 5.82 Å². The van der Waals surface area contributed by atoms with Crippen LogP contribution in [0.25, 0.3) is 0 Å². The first-order chi connectivity index (χ1) is 19.8. The second-order valence-electron chi connectivity index (χ2n) is 10.8. The fourth-order valence-electron chi connectivity index (χ4n) is 5.90. The van der Waals surface area contributed by atoms with Crippen molar-refractivity contribution in [2.24, 2.45) is 0 Å². The summed E-state index contributed by atoms with van der Waals surface area (Å²) in [4.78, 5) is 30.3. The van der Waals surface area contributed by atoms with E-state index in [4.69, 9.17) is 4.74 Å². The number of carbonyl (C=O) groups is 2. The van der Waals surface area contributed by atoms with Crippen LogP contribution in [0.4, 0.5) is 13.2 Å². The predicted molar refractivity (Wildman–Crippen MR) is 150 cm³/mol. The van der Waals surface area contributed by atoms with Gasteiger partial charge >= 0.3 is 0 Å². The first-order valence-corrected chi connectivity index (χ1v) is 14.0. The lowest BCUT2D eigenvalue weighted by Crippen LogP contribution is -2.51. The van der Waals surface area contributed by atoms with Gasteiger partial charge in [0.25, 0.3) is 11.8 Å². The van der Waals surface area contributed by atoms with Crippen LogP contribution in [0.2, 0.25) is 0 Å². The van der Waals surface area contributed by atoms with Crippen molar-refractivity contribution in [3.63, 3.8) is 0 Å². The fourth-order valence-corrected chi connectivity index (χ4v) is 5.90. The van der Waals surface area contributed by atoms with Crippen LogP contribution in [0.3, 0.4) is 0 Å². The molecular weight excluding hydrogens is 531 g/mol. The van der Waals surface area contributed by atoms with Gasteiger partial charge in [-0.1, -0.05) is 24.3 Å². The SMILES string of the molecule is COc1c(C(=O)NC2CCN(C3CCN(C(=O)c4cccc(Cc5cccc(F)c5)c4)CC3)CC2)ccc(F)c1F. The van der Waals surface area contributed by atoms with Crippen molar-refractivity contribution < 1.29 is 27.5 Å². The van der Waals surface area contributed by atoms with E-state index in [0.29, 0.717) is 31.1 Å². The highest BCUT2D eigenvalue weighted by Crippen LogP contribution is 2.26. The van der Waals surface area contributed by atoms with E-state index in [2.05, 4.69) is 10.2 Å². The van der Waals surface area contributed by atoms with E-state index in [9.17, 15) is 22.8 Å². The molecule has 0 unspecified atom stereocenters. The monoisotopic (exact) mass is 565 g/mol. The molecule has 0 radical (unpaired) electrons. The van der Waals surface area contributed by atoms with Crippen molar-refractivity contribution in [1.82, 2.24) is 15.1 Å². The number of rotatable bonds is 7. The minimum absolute atomic E-state index is 0.0126. The van der Waals surface area contributed by atoms with Gasteiger partial charge in [-0.3, -0.25) is 9.59 Å². The van der Waals surface area contributed by atoms with Crippen molar-refractivity contribution >= 4 is 11.8 Å². The smallest absolute Gasteiger partial charge is 0.255 e. The summed E-state index contributed by atoms with van der Waals surface area (Å²) < 4.78 is 46.0. The molecule has 0 aromatic heterocycles. The Labute approximate surface area is 238 Å². The predicted octanol–water partition coefficient (Wildman–Crippen LogP) is 5.20. The third-order valence-corrected chi connectivity index (χ3v) is 8.10. The topological polar surface area (TPSA) is 61.9 Å². The summed E-state index contributed by atoms with van der Waals surface area (Å²) in [6.45, 7) is 2.95. The lowest BCUT2D eigenvalue weighted by molar-refractivity contribution is 0.0566. The zero-order valence-corrected chi connectivity index (χ0v) is 23.0. The number of ether oxygens (including phenoxy) is 1. The van der Waals surface area contributed by atoms with Gasteiger partial charge in [-0.15, -0.1) is 0 Å². The number of hydrogen-bond donors (Lipinski definition) is 1. The number of amides is 2. The number of piperidine rings is 2. The Morgan fingerprint density at radius 3 is 2.24 bits per heavy atom. The van der Waals surface area contributed by atoms with E-state index in [-0.39, 0.29) is 29.1 Å². The van der Waals surface area contributed by atoms with Crippen molar-refractivity contribution in [3.8, 4) is 5.75 Å². The summed E-state index contributed by atoms with van der Waals surface area (Å²) in [6, 6.07) is 16.5. The summed E-state index contributed by atoms with van der Waals surface area (Å²) in [5, 5.41) is 2.94. The number of nitrogens with zero attached hydrogens (tertiary/aromatic N) is 2. The first kappa shape index (κ1) is 28.7. The zero-order chi connectivity index (χ0) is 28.9. The largest absolute Gasteiger partial charge is 0.493 e. The van der Waals surface area contributed by atoms with Gasteiger partial charge in [-0.25, -0.2) is 8.78 Å². The Bertz CT molecular complexity index is 1400. The molecule has 5 rings (SSSR count). The molecule has 2 amide bonds. The summed E-state index contributed by atoms with van der Waals surface area (Å²) >= 11 is 0. The molecule has 6 nitrogen and oxygen atoms in total. The molecule has 0 saturated carbocycles. The molecule has 2 fully saturated rings. The third kappa shape index (κ3) is 6.73. The van der Waals surface area contributed by atoms with Crippen LogP contribution >= 0.6 is 0 Å². The van der Waals surface area contributed by atoms with E-state index < -0.39 is 17.5 Å². The van der Waals surface area contributed by atoms with E-state index in [1.807, 2.05) is 35.2 Å². The Morgan fingerprint density at radius 1 is 0.878 bits per heavy atom. The van der Waals surface area contributed by atoms with Crippen LogP contribution < -0.4 is 10.1 Å². The molecule has 216 valence electrons. The standard InChI is InChI=1S/C32H34F3N3O3/c1-41-30-27(8-9-28(34)29(30)35)31(39)36-25-10-14-37(15-11-25)26-12-16-38(17-13-26)32(40)23-6-2-4-21(19-23)18-22-5-3-7-24(33)20-22/h2-9,19-20,25-26H,10-18H2,1H3,(H,36,39). The molecule has 2 aliphatic heterocycles. The Hall–Kier alpha value is -3.85. The van der Waals surface area contributed by atoms with Crippen molar-refractivity contribution in [2.75, 3.05) is 33.3 Å². The maximum Gasteiger partial charge on any atom is 0.255 e. The highest BCUT2D eigenvalue weighted by molar-refractivity contribution is 5.97. The number of nitrogens with one attached hydrogen (secondary N) is 1. The van der Waals surface area contributed by atoms with Gasteiger partial charge in [0.2, 0.25) is 5.82 Å². The van der Waals surface area contributed by atoms with Crippen LogP contribution in [0.5, 0.6) is 5.75 Å². The number of carbonyl (C=O) groups excluding carboxylic acids is 2. The Balaban J connectivity index is 1.10. The fraction of sp³-hybridized carbons (Fsp3) is 0.375. The van der Waals surface area contributed by atoms with Crippen molar-refractivity contribution in [3.05, 3.63) is 100 Å². The molecule has 2 heterocycles. The summed E-state index contributed by atoms with van der Waals surface area (Å²) in [5.74, 6) is -3.36. The molecule has 0 aliphatic carbocycles. The molecular formula is C32H34F3N3O3. The Morgan fingerprint density at radius 2 is 1.56 bits per heavy atom. The highest BCUT2D eigenvalue weighted by Gasteiger charge is 2.31. The van der Waals surface area contributed by atoms with Crippen molar-refractivity contribution in [1.29, 1.82) is 0 Å². The Kier molecular flexibility index (Phi) is 8.93. The van der Waals surface area contributed by atoms with Gasteiger partial charge in [-0.05, 0) is 79.6 Å². The zero-order valence-electron chi connectivity index (χ0n) is 23.0. The molecule has 0 spiro atoms. The van der Waals surface area contributed by atoms with E-state index in [1.54, 1.807) is 6.07 Å². The van der Waals surface area contributed by atoms with Gasteiger partial charge < -0.3 is 19.9 Å². The summed E-state index contributed by atoms with van der Waals surface area (Å²) in [7, 11) is 1.21. The number of halogens is 3. The third-order valence-electron chi connectivity index (χ3n) is 8.10. The first-order valence-electron chi connectivity index (χ1n) is 14.0. The van der Waals surface area contributed by atoms with Crippen LogP contribution in [-0.2, 0) is 6.42 Å². The van der Waals surface area contributed by atoms with Crippen LogP contribution in [0.15, 0.2) is 60.7 Å². The van der Waals surface area contributed by atoms with Gasteiger partial charge in [0, 0.05) is 43.8 Å². The van der Waals surface area contributed by atoms with E-state index >= 15 is 0 Å². The second kappa shape index (κ2) is 12.8. The van der Waals surface area contributed by atoms with Crippen LogP contribution in [-0.4, -0.2) is 67.0 Å². The van der Waals surface area contributed by atoms with Crippen LogP contribution in [0.1, 0.15) is 57.5 Å². The average Bonchev–Trinajstić information content (AvgIpc) is 2.98. The average molecular weight is 566 g/mol. The summed E-state index contributed by atoms with van der Waals surface area (Å²) in [6.07, 6.45) is 3.80. The van der Waals surface area contributed by atoms with Crippen LogP contribution in [0, 0.1) is 17.5 Å². The lowest BCUT2D eigenvalue weighted by Gasteiger charge is -2.42. The number of likely N-dealkylation sites (tertiary alicyclic amines) is 2. The lowest BCUT2D eigenvalue weighted by atomic mass is 9.97. The minimum Gasteiger partial charge on any atom is -0.493 e. The van der Waals surface area contributed by atoms with Gasteiger partial charge in [0.05, 0.1) is 12.7 Å². The quantitative estimate of drug-likeness (QED) is 0.428. The molecule has 9 heteroatoms. The van der Waals surface area contributed by atoms with E-state index in [0.717, 1.165) is 56.0 Å². The van der Waals surface area contributed by atoms with Gasteiger partial charge in [0.15, 0.2) is 11.6 Å². The molecule has 2 saturated heterocycles. The second-order valence-corrected chi connectivity index (χ2v) is 10.8. The maximum atomic E-state index is 14.0.